The van der Waals surface area contributed by atoms with E-state index in [9.17, 15) is 14.9 Å². The monoisotopic (exact) mass is 616 g/mol. The Balaban J connectivity index is 1.56. The van der Waals surface area contributed by atoms with Gasteiger partial charge in [-0.1, -0.05) is 41.4 Å². The van der Waals surface area contributed by atoms with E-state index in [1.165, 1.54) is 18.3 Å². The molecule has 0 fully saturated rings. The molecule has 0 aliphatic rings. The number of nitrogens with zero attached hydrogens (tertiary/aromatic N) is 2. The number of nitrogens with one attached hydrogen (secondary N) is 2. The molecule has 0 unspecified atom stereocenters. The molecule has 0 spiro atoms. The summed E-state index contributed by atoms with van der Waals surface area (Å²) in [5.74, 6) is 0.218. The summed E-state index contributed by atoms with van der Waals surface area (Å²) >= 11 is 15.3. The number of nitriles is 1. The molecule has 0 saturated heterocycles. The van der Waals surface area contributed by atoms with Crippen LogP contribution in [0.1, 0.15) is 40.4 Å². The fourth-order valence-corrected chi connectivity index (χ4v) is 4.11. The van der Waals surface area contributed by atoms with Crippen LogP contribution in [0, 0.1) is 11.3 Å². The van der Waals surface area contributed by atoms with Gasteiger partial charge < -0.3 is 14.8 Å². The quantitative estimate of drug-likeness (QED) is 0.206. The molecule has 0 bridgehead atoms. The van der Waals surface area contributed by atoms with Gasteiger partial charge in [-0.2, -0.15) is 10.4 Å². The Morgan fingerprint density at radius 2 is 1.89 bits per heavy atom. The fraction of sp³-hybridized carbons (Fsp3) is 0.185. The van der Waals surface area contributed by atoms with E-state index in [4.69, 9.17) is 32.7 Å². The van der Waals surface area contributed by atoms with E-state index in [0.29, 0.717) is 44.3 Å². The zero-order valence-corrected chi connectivity index (χ0v) is 23.4. The number of benzene rings is 3. The van der Waals surface area contributed by atoms with E-state index in [0.717, 1.165) is 5.56 Å². The summed E-state index contributed by atoms with van der Waals surface area (Å²) in [6, 6.07) is 17.4. The second-order valence-corrected chi connectivity index (χ2v) is 9.42. The largest absolute Gasteiger partial charge is 0.490 e. The van der Waals surface area contributed by atoms with Gasteiger partial charge in [-0.3, -0.25) is 9.59 Å². The maximum absolute atomic E-state index is 12.2. The third kappa shape index (κ3) is 8.21. The minimum absolute atomic E-state index is 0.0231. The van der Waals surface area contributed by atoms with Crippen molar-refractivity contribution < 1.29 is 19.1 Å². The number of carbonyl (C=O) groups is 2. The van der Waals surface area contributed by atoms with E-state index < -0.39 is 0 Å². The Bertz CT molecular complexity index is 1390. The molecule has 2 N–H and O–H groups in total. The first kappa shape index (κ1) is 29.0. The maximum atomic E-state index is 12.2. The molecule has 0 radical (unpaired) electrons. The fourth-order valence-electron chi connectivity index (χ4n) is 3.23. The third-order valence-corrected chi connectivity index (χ3v) is 6.39. The summed E-state index contributed by atoms with van der Waals surface area (Å²) in [4.78, 5) is 24.3. The summed E-state index contributed by atoms with van der Waals surface area (Å²) in [5, 5.41) is 16.5. The van der Waals surface area contributed by atoms with Crippen LogP contribution in [-0.4, -0.2) is 31.2 Å². The summed E-state index contributed by atoms with van der Waals surface area (Å²) < 4.78 is 12.3. The molecule has 2 amide bonds. The normalized spacial score (nSPS) is 10.6. The molecular formula is C27H23BrCl2N4O4. The smallest absolute Gasteiger partial charge is 0.251 e. The summed E-state index contributed by atoms with van der Waals surface area (Å²) in [7, 11) is 0. The lowest BCUT2D eigenvalue weighted by Crippen LogP contribution is -2.29. The van der Waals surface area contributed by atoms with Crippen LogP contribution >= 0.6 is 39.1 Å². The average Bonchev–Trinajstić information content (AvgIpc) is 2.90. The molecule has 0 atom stereocenters. The van der Waals surface area contributed by atoms with Crippen LogP contribution in [0.2, 0.25) is 10.0 Å². The van der Waals surface area contributed by atoms with Crippen LogP contribution in [0.15, 0.2) is 64.2 Å². The van der Waals surface area contributed by atoms with E-state index in [2.05, 4.69) is 37.8 Å². The molecule has 0 aliphatic carbocycles. The van der Waals surface area contributed by atoms with Gasteiger partial charge in [0.2, 0.25) is 5.91 Å². The minimum Gasteiger partial charge on any atom is -0.490 e. The lowest BCUT2D eigenvalue weighted by atomic mass is 10.1. The first-order valence-corrected chi connectivity index (χ1v) is 13.0. The number of amides is 2. The van der Waals surface area contributed by atoms with Gasteiger partial charge in [-0.15, -0.1) is 0 Å². The van der Waals surface area contributed by atoms with Crippen LogP contribution in [-0.2, 0) is 11.4 Å². The topological polar surface area (TPSA) is 113 Å². The van der Waals surface area contributed by atoms with Crippen molar-refractivity contribution in [3.05, 3.63) is 91.4 Å². The second-order valence-electron chi connectivity index (χ2n) is 7.75. The Morgan fingerprint density at radius 3 is 2.63 bits per heavy atom. The molecule has 3 aromatic carbocycles. The highest BCUT2D eigenvalue weighted by Crippen LogP contribution is 2.37. The van der Waals surface area contributed by atoms with Crippen LogP contribution in [0.3, 0.4) is 0 Å². The number of rotatable bonds is 11. The van der Waals surface area contributed by atoms with Gasteiger partial charge in [0.15, 0.2) is 11.5 Å². The van der Waals surface area contributed by atoms with Gasteiger partial charge in [-0.25, -0.2) is 5.43 Å². The van der Waals surface area contributed by atoms with Gasteiger partial charge >= 0.3 is 0 Å². The van der Waals surface area contributed by atoms with Crippen molar-refractivity contribution >= 4 is 57.2 Å². The van der Waals surface area contributed by atoms with Gasteiger partial charge in [0.25, 0.3) is 5.91 Å². The molecule has 8 nitrogen and oxygen atoms in total. The zero-order valence-electron chi connectivity index (χ0n) is 20.3. The Morgan fingerprint density at radius 1 is 1.11 bits per heavy atom. The van der Waals surface area contributed by atoms with Crippen molar-refractivity contribution in [2.45, 2.75) is 20.0 Å². The highest BCUT2D eigenvalue weighted by atomic mass is 79.9. The summed E-state index contributed by atoms with van der Waals surface area (Å²) in [6.45, 7) is 2.56. The van der Waals surface area contributed by atoms with Crippen molar-refractivity contribution in [1.82, 2.24) is 10.7 Å². The molecule has 3 rings (SSSR count). The lowest BCUT2D eigenvalue weighted by Gasteiger charge is -2.15. The van der Waals surface area contributed by atoms with Gasteiger partial charge in [0.1, 0.15) is 6.61 Å². The first-order valence-electron chi connectivity index (χ1n) is 11.4. The van der Waals surface area contributed by atoms with Crippen molar-refractivity contribution in [2.75, 3.05) is 13.2 Å². The third-order valence-electron chi connectivity index (χ3n) is 5.06. The Hall–Kier alpha value is -3.58. The first-order chi connectivity index (χ1) is 18.3. The minimum atomic E-state index is -0.379. The van der Waals surface area contributed by atoms with Crippen LogP contribution in [0.5, 0.6) is 11.5 Å². The number of hydrogen-bond donors (Lipinski definition) is 2. The number of halogens is 3. The number of ether oxygens (including phenoxy) is 2. The van der Waals surface area contributed by atoms with E-state index in [-0.39, 0.29) is 36.4 Å². The van der Waals surface area contributed by atoms with E-state index in [1.54, 1.807) is 30.3 Å². The molecule has 11 heteroatoms. The Labute approximate surface area is 238 Å². The van der Waals surface area contributed by atoms with Gasteiger partial charge in [0, 0.05) is 24.1 Å². The van der Waals surface area contributed by atoms with Crippen molar-refractivity contribution in [3.63, 3.8) is 0 Å². The maximum Gasteiger partial charge on any atom is 0.251 e. The average molecular weight is 618 g/mol. The predicted octanol–water partition coefficient (Wildman–Crippen LogP) is 5.88. The Kier molecular flexibility index (Phi) is 11.0. The van der Waals surface area contributed by atoms with Crippen molar-refractivity contribution in [1.29, 1.82) is 5.26 Å². The van der Waals surface area contributed by atoms with Crippen LogP contribution < -0.4 is 20.2 Å². The lowest BCUT2D eigenvalue weighted by molar-refractivity contribution is -0.120. The summed E-state index contributed by atoms with van der Waals surface area (Å²) in [6.07, 6.45) is 1.49. The SMILES string of the molecule is CCOc1cc(C=NNC(=O)CCNC(=O)c2ccc(Cl)c(Cl)c2)cc(Br)c1OCc1ccccc1C#N. The van der Waals surface area contributed by atoms with Crippen molar-refractivity contribution in [3.8, 4) is 17.6 Å². The molecule has 0 aliphatic heterocycles. The van der Waals surface area contributed by atoms with E-state index >= 15 is 0 Å². The number of carbonyl (C=O) groups excluding carboxylic acids is 2. The molecule has 0 heterocycles. The predicted molar refractivity (Wildman–Crippen MR) is 150 cm³/mol. The highest BCUT2D eigenvalue weighted by molar-refractivity contribution is 9.10. The zero-order chi connectivity index (χ0) is 27.5. The van der Waals surface area contributed by atoms with Crippen molar-refractivity contribution in [2.24, 2.45) is 5.10 Å². The number of hydrogen-bond acceptors (Lipinski definition) is 6. The highest BCUT2D eigenvalue weighted by Gasteiger charge is 2.14. The summed E-state index contributed by atoms with van der Waals surface area (Å²) in [5.41, 5.74) is 4.72. The molecular weight excluding hydrogens is 595 g/mol. The van der Waals surface area contributed by atoms with Crippen LogP contribution in [0.25, 0.3) is 0 Å². The molecule has 196 valence electrons. The standard InChI is InChI=1S/C27H23BrCl2N4O4/c1-2-37-24-12-17(11-21(28)26(24)38-16-20-6-4-3-5-19(20)14-31)15-33-34-25(35)9-10-32-27(36)18-7-8-22(29)23(30)13-18/h3-8,11-13,15H,2,9-10,16H2,1H3,(H,32,36)(H,34,35). The van der Waals surface area contributed by atoms with Gasteiger partial charge in [0.05, 0.1) is 39.0 Å². The van der Waals surface area contributed by atoms with Crippen LogP contribution in [0.4, 0.5) is 0 Å². The molecule has 38 heavy (non-hydrogen) atoms. The molecule has 0 saturated carbocycles. The van der Waals surface area contributed by atoms with Gasteiger partial charge in [-0.05, 0) is 64.8 Å². The van der Waals surface area contributed by atoms with E-state index in [1.807, 2.05) is 19.1 Å². The molecule has 3 aromatic rings. The number of hydrazone groups is 1. The molecule has 0 aromatic heterocycles. The second kappa shape index (κ2) is 14.4.